The number of methoxy groups -OCH3 is 1. The van der Waals surface area contributed by atoms with Gasteiger partial charge in [0.15, 0.2) is 11.7 Å². The number of halogens is 1. The van der Waals surface area contributed by atoms with Gasteiger partial charge in [0.25, 0.3) is 11.8 Å². The van der Waals surface area contributed by atoms with Gasteiger partial charge in [-0.1, -0.05) is 42.5 Å². The summed E-state index contributed by atoms with van der Waals surface area (Å²) in [6.45, 7) is -0.243. The van der Waals surface area contributed by atoms with Crippen molar-refractivity contribution >= 4 is 55.8 Å². The number of para-hydroxylation sites is 1. The van der Waals surface area contributed by atoms with E-state index >= 15 is 0 Å². The number of nitrogens with one attached hydrogen (secondary N) is 3. The molecule has 30 heavy (non-hydrogen) atoms. The fraction of sp³-hybridized carbons (Fsp3) is 0.0952. The summed E-state index contributed by atoms with van der Waals surface area (Å²) >= 11 is 8.54. The number of ether oxygens (including phenoxy) is 2. The predicted octanol–water partition coefficient (Wildman–Crippen LogP) is 3.33. The summed E-state index contributed by atoms with van der Waals surface area (Å²) in [5, 5.41) is 4.44. The number of rotatable bonds is 5. The number of carbonyl (C=O) groups is 2. The normalized spacial score (nSPS) is 10.2. The minimum Gasteiger partial charge on any atom is -0.496 e. The molecule has 9 heteroatoms. The topological polar surface area (TPSA) is 88.7 Å². The first-order valence-electron chi connectivity index (χ1n) is 8.83. The molecular weight excluding hydrogens is 470 g/mol. The van der Waals surface area contributed by atoms with Crippen LogP contribution in [0.5, 0.6) is 11.5 Å². The quantitative estimate of drug-likeness (QED) is 0.377. The zero-order chi connectivity index (χ0) is 21.5. The molecule has 0 radical (unpaired) electrons. The van der Waals surface area contributed by atoms with Gasteiger partial charge in [0.1, 0.15) is 11.5 Å². The standard InChI is InChI=1S/C21H18BrN3O4S/c1-28-16-9-5-4-8-15(16)20(27)23-21(30)25-24-18(26)12-29-17-11-10-13-6-2-3-7-14(13)19(17)22/h2-11H,12H2,1H3,(H,24,26)(H2,23,25,27,30). The fourth-order valence-corrected chi connectivity index (χ4v) is 3.42. The van der Waals surface area contributed by atoms with E-state index in [1.54, 1.807) is 30.3 Å². The lowest BCUT2D eigenvalue weighted by atomic mass is 10.1. The van der Waals surface area contributed by atoms with Crippen LogP contribution in [0.25, 0.3) is 10.8 Å². The Kier molecular flexibility index (Phi) is 7.21. The van der Waals surface area contributed by atoms with Crippen LogP contribution in [-0.4, -0.2) is 30.6 Å². The smallest absolute Gasteiger partial charge is 0.276 e. The van der Waals surface area contributed by atoms with E-state index in [1.165, 1.54) is 7.11 Å². The summed E-state index contributed by atoms with van der Waals surface area (Å²) in [4.78, 5) is 24.3. The van der Waals surface area contributed by atoms with E-state index in [-0.39, 0.29) is 11.7 Å². The van der Waals surface area contributed by atoms with Crippen molar-refractivity contribution in [3.8, 4) is 11.5 Å². The Bertz CT molecular complexity index is 1110. The number of amides is 2. The second-order valence-electron chi connectivity index (χ2n) is 6.04. The van der Waals surface area contributed by atoms with Crippen LogP contribution < -0.4 is 25.6 Å². The van der Waals surface area contributed by atoms with Crippen molar-refractivity contribution in [2.45, 2.75) is 0 Å². The summed E-state index contributed by atoms with van der Waals surface area (Å²) in [5.74, 6) is 0.0200. The minimum atomic E-state index is -0.469. The molecule has 7 nitrogen and oxygen atoms in total. The number of hydrazine groups is 1. The molecule has 0 atom stereocenters. The Labute approximate surface area is 186 Å². The van der Waals surface area contributed by atoms with Crippen LogP contribution in [0.3, 0.4) is 0 Å². The van der Waals surface area contributed by atoms with Crippen LogP contribution in [0, 0.1) is 0 Å². The molecule has 3 N–H and O–H groups in total. The van der Waals surface area contributed by atoms with Gasteiger partial charge in [-0.15, -0.1) is 0 Å². The van der Waals surface area contributed by atoms with Crippen molar-refractivity contribution in [2.24, 2.45) is 0 Å². The second kappa shape index (κ2) is 10.0. The maximum Gasteiger partial charge on any atom is 0.276 e. The molecule has 0 bridgehead atoms. The van der Waals surface area contributed by atoms with E-state index in [9.17, 15) is 9.59 Å². The van der Waals surface area contributed by atoms with Crippen LogP contribution in [0.1, 0.15) is 10.4 Å². The SMILES string of the molecule is COc1ccccc1C(=O)NC(=S)NNC(=O)COc1ccc2ccccc2c1Br. The highest BCUT2D eigenvalue weighted by molar-refractivity contribution is 9.10. The molecule has 0 saturated heterocycles. The van der Waals surface area contributed by atoms with Crippen molar-refractivity contribution in [1.82, 2.24) is 16.2 Å². The number of thiocarbonyl (C=S) groups is 1. The molecule has 0 spiro atoms. The first-order valence-corrected chi connectivity index (χ1v) is 10.0. The lowest BCUT2D eigenvalue weighted by Crippen LogP contribution is -2.49. The van der Waals surface area contributed by atoms with Crippen LogP contribution in [0.4, 0.5) is 0 Å². The molecule has 154 valence electrons. The van der Waals surface area contributed by atoms with E-state index in [4.69, 9.17) is 21.7 Å². The van der Waals surface area contributed by atoms with Gasteiger partial charge in [0, 0.05) is 0 Å². The average Bonchev–Trinajstić information content (AvgIpc) is 2.77. The third-order valence-corrected chi connectivity index (χ3v) is 5.10. The van der Waals surface area contributed by atoms with Gasteiger partial charge in [0.2, 0.25) is 0 Å². The lowest BCUT2D eigenvalue weighted by Gasteiger charge is -2.13. The van der Waals surface area contributed by atoms with Gasteiger partial charge in [-0.05, 0) is 57.1 Å². The fourth-order valence-electron chi connectivity index (χ4n) is 2.66. The van der Waals surface area contributed by atoms with Crippen molar-refractivity contribution in [3.05, 3.63) is 70.7 Å². The summed E-state index contributed by atoms with van der Waals surface area (Å²) in [6, 6.07) is 18.2. The molecule has 0 heterocycles. The van der Waals surface area contributed by atoms with Crippen LogP contribution in [-0.2, 0) is 4.79 Å². The van der Waals surface area contributed by atoms with Gasteiger partial charge >= 0.3 is 0 Å². The highest BCUT2D eigenvalue weighted by Gasteiger charge is 2.13. The molecule has 2 amide bonds. The molecule has 0 unspecified atom stereocenters. The molecular formula is C21H18BrN3O4S. The molecule has 3 aromatic rings. The van der Waals surface area contributed by atoms with Crippen molar-refractivity contribution < 1.29 is 19.1 Å². The molecule has 0 aliphatic carbocycles. The largest absolute Gasteiger partial charge is 0.496 e. The number of benzene rings is 3. The minimum absolute atomic E-state index is 0.0638. The molecule has 0 aliphatic rings. The average molecular weight is 488 g/mol. The van der Waals surface area contributed by atoms with Crippen LogP contribution in [0.15, 0.2) is 65.1 Å². The molecule has 0 saturated carbocycles. The van der Waals surface area contributed by atoms with E-state index in [0.717, 1.165) is 15.2 Å². The maximum absolute atomic E-state index is 12.3. The number of hydrogen-bond acceptors (Lipinski definition) is 5. The lowest BCUT2D eigenvalue weighted by molar-refractivity contribution is -0.123. The van der Waals surface area contributed by atoms with Crippen molar-refractivity contribution in [2.75, 3.05) is 13.7 Å². The van der Waals surface area contributed by atoms with Crippen molar-refractivity contribution in [3.63, 3.8) is 0 Å². The Morgan fingerprint density at radius 3 is 2.50 bits per heavy atom. The predicted molar refractivity (Wildman–Crippen MR) is 121 cm³/mol. The van der Waals surface area contributed by atoms with Gasteiger partial charge in [0.05, 0.1) is 17.1 Å². The Morgan fingerprint density at radius 2 is 1.70 bits per heavy atom. The third kappa shape index (κ3) is 5.25. The highest BCUT2D eigenvalue weighted by atomic mass is 79.9. The van der Waals surface area contributed by atoms with E-state index < -0.39 is 11.8 Å². The Hall–Kier alpha value is -3.17. The van der Waals surface area contributed by atoms with Crippen molar-refractivity contribution in [1.29, 1.82) is 0 Å². The molecule has 0 aliphatic heterocycles. The molecule has 0 fully saturated rings. The van der Waals surface area contributed by atoms with Gasteiger partial charge in [-0.2, -0.15) is 0 Å². The first kappa shape index (κ1) is 21.5. The summed E-state index contributed by atoms with van der Waals surface area (Å²) in [5.41, 5.74) is 5.17. The molecule has 3 aromatic carbocycles. The Morgan fingerprint density at radius 1 is 0.967 bits per heavy atom. The molecule has 0 aromatic heterocycles. The summed E-state index contributed by atoms with van der Waals surface area (Å²) in [7, 11) is 1.47. The zero-order valence-corrected chi connectivity index (χ0v) is 18.3. The van der Waals surface area contributed by atoms with Crippen LogP contribution >= 0.6 is 28.1 Å². The zero-order valence-electron chi connectivity index (χ0n) is 15.9. The third-order valence-electron chi connectivity index (χ3n) is 4.08. The van der Waals surface area contributed by atoms with E-state index in [0.29, 0.717) is 17.1 Å². The van der Waals surface area contributed by atoms with Gasteiger partial charge in [-0.25, -0.2) is 0 Å². The Balaban J connectivity index is 1.49. The number of carbonyl (C=O) groups excluding carboxylic acids is 2. The number of hydrogen-bond donors (Lipinski definition) is 3. The summed E-state index contributed by atoms with van der Waals surface area (Å²) < 4.78 is 11.5. The van der Waals surface area contributed by atoms with Gasteiger partial charge in [-0.3, -0.25) is 25.8 Å². The molecule has 3 rings (SSSR count). The second-order valence-corrected chi connectivity index (χ2v) is 7.25. The maximum atomic E-state index is 12.3. The highest BCUT2D eigenvalue weighted by Crippen LogP contribution is 2.32. The monoisotopic (exact) mass is 487 g/mol. The number of fused-ring (bicyclic) bond motifs is 1. The first-order chi connectivity index (χ1) is 14.5. The van der Waals surface area contributed by atoms with Crippen LogP contribution in [0.2, 0.25) is 0 Å². The summed E-state index contributed by atoms with van der Waals surface area (Å²) in [6.07, 6.45) is 0. The van der Waals surface area contributed by atoms with E-state index in [1.807, 2.05) is 30.3 Å². The van der Waals surface area contributed by atoms with Gasteiger partial charge < -0.3 is 9.47 Å². The van der Waals surface area contributed by atoms with E-state index in [2.05, 4.69) is 32.1 Å².